The van der Waals surface area contributed by atoms with Crippen molar-refractivity contribution in [1.29, 1.82) is 5.26 Å². The molecular formula is C24H19FN4O3. The van der Waals surface area contributed by atoms with Gasteiger partial charge in [0.1, 0.15) is 18.2 Å². The number of hydrogen-bond donors (Lipinski definition) is 2. The topological polar surface area (TPSA) is 104 Å². The summed E-state index contributed by atoms with van der Waals surface area (Å²) in [5.74, 6) is -1.53. The highest BCUT2D eigenvalue weighted by molar-refractivity contribution is 6.39. The Morgan fingerprint density at radius 2 is 1.72 bits per heavy atom. The minimum atomic E-state index is -0.925. The van der Waals surface area contributed by atoms with Crippen molar-refractivity contribution in [1.82, 2.24) is 5.43 Å². The molecule has 3 aromatic rings. The standard InChI is InChI=1S/C24H19FN4O3/c25-20-8-4-18(5-9-20)16-32-22-3-1-2-19(14-22)15-27-29-24(31)23(30)28-21-10-6-17(7-11-21)12-13-26/h1-11,14-15H,12,16H2,(H,28,30)(H,29,31). The number of amides is 2. The average Bonchev–Trinajstić information content (AvgIpc) is 2.80. The van der Waals surface area contributed by atoms with Crippen molar-refractivity contribution >= 4 is 23.7 Å². The number of nitriles is 1. The van der Waals surface area contributed by atoms with Gasteiger partial charge in [-0.15, -0.1) is 0 Å². The quantitative estimate of drug-likeness (QED) is 0.340. The van der Waals surface area contributed by atoms with Crippen LogP contribution in [0.2, 0.25) is 0 Å². The van der Waals surface area contributed by atoms with Crippen molar-refractivity contribution in [3.05, 3.63) is 95.3 Å². The highest BCUT2D eigenvalue weighted by atomic mass is 19.1. The van der Waals surface area contributed by atoms with Crippen LogP contribution in [-0.2, 0) is 22.6 Å². The lowest BCUT2D eigenvalue weighted by Crippen LogP contribution is -2.32. The Balaban J connectivity index is 1.49. The summed E-state index contributed by atoms with van der Waals surface area (Å²) in [6.07, 6.45) is 1.65. The molecule has 0 spiro atoms. The summed E-state index contributed by atoms with van der Waals surface area (Å²) < 4.78 is 18.6. The summed E-state index contributed by atoms with van der Waals surface area (Å²) in [5, 5.41) is 14.9. The minimum Gasteiger partial charge on any atom is -0.489 e. The maximum absolute atomic E-state index is 13.0. The number of halogens is 1. The number of hydrazone groups is 1. The van der Waals surface area contributed by atoms with E-state index in [1.807, 2.05) is 6.07 Å². The first-order valence-corrected chi connectivity index (χ1v) is 9.61. The zero-order valence-electron chi connectivity index (χ0n) is 16.9. The van der Waals surface area contributed by atoms with E-state index in [0.717, 1.165) is 11.1 Å². The number of rotatable bonds is 7. The zero-order chi connectivity index (χ0) is 22.8. The highest BCUT2D eigenvalue weighted by Crippen LogP contribution is 2.15. The van der Waals surface area contributed by atoms with Crippen LogP contribution in [0.1, 0.15) is 16.7 Å². The Labute approximate surface area is 184 Å². The molecule has 0 fully saturated rings. The van der Waals surface area contributed by atoms with Crippen molar-refractivity contribution in [2.45, 2.75) is 13.0 Å². The van der Waals surface area contributed by atoms with Crippen molar-refractivity contribution in [3.8, 4) is 11.8 Å². The van der Waals surface area contributed by atoms with Crippen LogP contribution in [0.25, 0.3) is 0 Å². The summed E-state index contributed by atoms with van der Waals surface area (Å²) in [4.78, 5) is 23.9. The fourth-order valence-corrected chi connectivity index (χ4v) is 2.63. The Morgan fingerprint density at radius 3 is 2.44 bits per heavy atom. The van der Waals surface area contributed by atoms with E-state index < -0.39 is 11.8 Å². The number of anilines is 1. The highest BCUT2D eigenvalue weighted by Gasteiger charge is 2.12. The molecule has 8 heteroatoms. The molecule has 0 atom stereocenters. The minimum absolute atomic E-state index is 0.266. The van der Waals surface area contributed by atoms with Gasteiger partial charge in [0, 0.05) is 5.69 Å². The monoisotopic (exact) mass is 430 g/mol. The van der Waals surface area contributed by atoms with E-state index in [4.69, 9.17) is 10.00 Å². The van der Waals surface area contributed by atoms with Gasteiger partial charge in [0.15, 0.2) is 0 Å². The SMILES string of the molecule is N#CCc1ccc(NC(=O)C(=O)NN=Cc2cccc(OCc3ccc(F)cc3)c2)cc1. The number of nitrogens with zero attached hydrogens (tertiary/aromatic N) is 2. The number of carbonyl (C=O) groups is 2. The summed E-state index contributed by atoms with van der Waals surface area (Å²) in [7, 11) is 0. The Hall–Kier alpha value is -4.51. The third-order valence-corrected chi connectivity index (χ3v) is 4.26. The van der Waals surface area contributed by atoms with Crippen molar-refractivity contribution in [2.75, 3.05) is 5.32 Å². The molecule has 3 rings (SSSR count). The molecule has 0 radical (unpaired) electrons. The number of hydrogen-bond acceptors (Lipinski definition) is 5. The normalized spacial score (nSPS) is 10.4. The molecule has 0 bridgehead atoms. The smallest absolute Gasteiger partial charge is 0.329 e. The van der Waals surface area contributed by atoms with Crippen LogP contribution < -0.4 is 15.5 Å². The molecular weight excluding hydrogens is 411 g/mol. The fourth-order valence-electron chi connectivity index (χ4n) is 2.63. The molecule has 32 heavy (non-hydrogen) atoms. The molecule has 0 aliphatic carbocycles. The van der Waals surface area contributed by atoms with Crippen LogP contribution in [0, 0.1) is 17.1 Å². The van der Waals surface area contributed by atoms with Gasteiger partial charge >= 0.3 is 11.8 Å². The number of benzene rings is 3. The van der Waals surface area contributed by atoms with Crippen LogP contribution in [0.5, 0.6) is 5.75 Å². The van der Waals surface area contributed by atoms with Gasteiger partial charge in [0.2, 0.25) is 0 Å². The third kappa shape index (κ3) is 6.78. The molecule has 0 aromatic heterocycles. The first kappa shape index (κ1) is 22.2. The molecule has 3 aromatic carbocycles. The lowest BCUT2D eigenvalue weighted by atomic mass is 10.1. The Bertz CT molecular complexity index is 1150. The van der Waals surface area contributed by atoms with E-state index in [1.165, 1.54) is 18.3 Å². The van der Waals surface area contributed by atoms with E-state index in [9.17, 15) is 14.0 Å². The van der Waals surface area contributed by atoms with Crippen molar-refractivity contribution < 1.29 is 18.7 Å². The van der Waals surface area contributed by atoms with Gasteiger partial charge in [0.05, 0.1) is 18.7 Å². The van der Waals surface area contributed by atoms with Gasteiger partial charge in [-0.3, -0.25) is 9.59 Å². The molecule has 0 heterocycles. The van der Waals surface area contributed by atoms with E-state index >= 15 is 0 Å². The second-order valence-electron chi connectivity index (χ2n) is 6.67. The van der Waals surface area contributed by atoms with Gasteiger partial charge < -0.3 is 10.1 Å². The van der Waals surface area contributed by atoms with E-state index in [2.05, 4.69) is 15.8 Å². The van der Waals surface area contributed by atoms with E-state index in [0.29, 0.717) is 17.0 Å². The molecule has 0 aliphatic heterocycles. The average molecular weight is 430 g/mol. The van der Waals surface area contributed by atoms with Crippen LogP contribution in [0.4, 0.5) is 10.1 Å². The Morgan fingerprint density at radius 1 is 1.00 bits per heavy atom. The second-order valence-corrected chi connectivity index (χ2v) is 6.67. The Kier molecular flexibility index (Phi) is 7.65. The number of nitrogens with one attached hydrogen (secondary N) is 2. The largest absolute Gasteiger partial charge is 0.489 e. The van der Waals surface area contributed by atoms with Gasteiger partial charge in [-0.25, -0.2) is 9.82 Å². The maximum Gasteiger partial charge on any atom is 0.329 e. The molecule has 160 valence electrons. The molecule has 2 N–H and O–H groups in total. The predicted molar refractivity (Wildman–Crippen MR) is 117 cm³/mol. The van der Waals surface area contributed by atoms with Gasteiger partial charge in [-0.1, -0.05) is 36.4 Å². The molecule has 0 saturated carbocycles. The zero-order valence-corrected chi connectivity index (χ0v) is 16.9. The summed E-state index contributed by atoms with van der Waals surface area (Å²) >= 11 is 0. The predicted octanol–water partition coefficient (Wildman–Crippen LogP) is 3.56. The van der Waals surface area contributed by atoms with Crippen LogP contribution in [0.3, 0.4) is 0 Å². The lowest BCUT2D eigenvalue weighted by Gasteiger charge is -2.07. The molecule has 0 unspecified atom stereocenters. The van der Waals surface area contributed by atoms with E-state index in [1.54, 1.807) is 60.7 Å². The van der Waals surface area contributed by atoms with Crippen LogP contribution in [0.15, 0.2) is 77.9 Å². The van der Waals surface area contributed by atoms with Gasteiger partial charge in [-0.2, -0.15) is 10.4 Å². The second kappa shape index (κ2) is 11.0. The third-order valence-electron chi connectivity index (χ3n) is 4.26. The van der Waals surface area contributed by atoms with Crippen molar-refractivity contribution in [2.24, 2.45) is 5.10 Å². The van der Waals surface area contributed by atoms with Gasteiger partial charge in [0.25, 0.3) is 0 Å². The molecule has 0 saturated heterocycles. The fraction of sp³-hybridized carbons (Fsp3) is 0.0833. The molecule has 0 aliphatic rings. The maximum atomic E-state index is 13.0. The first-order valence-electron chi connectivity index (χ1n) is 9.61. The molecule has 7 nitrogen and oxygen atoms in total. The lowest BCUT2D eigenvalue weighted by molar-refractivity contribution is -0.136. The van der Waals surface area contributed by atoms with E-state index in [-0.39, 0.29) is 18.8 Å². The van der Waals surface area contributed by atoms with Gasteiger partial charge in [-0.05, 0) is 53.1 Å². The van der Waals surface area contributed by atoms with Crippen LogP contribution >= 0.6 is 0 Å². The number of ether oxygens (including phenoxy) is 1. The summed E-state index contributed by atoms with van der Waals surface area (Å²) in [6, 6.07) is 21.6. The van der Waals surface area contributed by atoms with Crippen molar-refractivity contribution in [3.63, 3.8) is 0 Å². The first-order chi connectivity index (χ1) is 15.5. The summed E-state index contributed by atoms with van der Waals surface area (Å²) in [6.45, 7) is 0.273. The van der Waals surface area contributed by atoms with Crippen LogP contribution in [-0.4, -0.2) is 18.0 Å². The molecule has 2 amide bonds. The summed E-state index contributed by atoms with van der Waals surface area (Å²) in [5.41, 5.74) is 4.88. The number of carbonyl (C=O) groups excluding carboxylic acids is 2.